The molecule has 0 unspecified atom stereocenters. The van der Waals surface area contributed by atoms with Crippen molar-refractivity contribution in [1.29, 1.82) is 0 Å². The molecule has 0 bridgehead atoms. The topological polar surface area (TPSA) is 73.9 Å². The molecule has 0 saturated carbocycles. The van der Waals surface area contributed by atoms with Crippen LogP contribution in [0.25, 0.3) is 0 Å². The number of hydrogen-bond acceptors (Lipinski definition) is 6. The van der Waals surface area contributed by atoms with Gasteiger partial charge >= 0.3 is 12.3 Å². The number of nitrogens with one attached hydrogen (secondary N) is 1. The Morgan fingerprint density at radius 1 is 1.25 bits per heavy atom. The number of halogens is 2. The van der Waals surface area contributed by atoms with Gasteiger partial charge in [0.1, 0.15) is 4.88 Å². The Morgan fingerprint density at radius 3 is 2.71 bits per heavy atom. The van der Waals surface area contributed by atoms with E-state index in [9.17, 15) is 18.4 Å². The molecule has 1 aromatic carbocycles. The van der Waals surface area contributed by atoms with Crippen LogP contribution in [-0.4, -0.2) is 24.8 Å². The Kier molecular flexibility index (Phi) is 4.10. The molecule has 0 saturated heterocycles. The van der Waals surface area contributed by atoms with Crippen LogP contribution in [0.2, 0.25) is 0 Å². The highest BCUT2D eigenvalue weighted by molar-refractivity contribution is 7.12. The van der Waals surface area contributed by atoms with Crippen LogP contribution in [0, 0.1) is 6.92 Å². The van der Waals surface area contributed by atoms with Gasteiger partial charge in [-0.3, -0.25) is 4.79 Å². The maximum atomic E-state index is 12.9. The van der Waals surface area contributed by atoms with Crippen LogP contribution >= 0.6 is 11.3 Å². The summed E-state index contributed by atoms with van der Waals surface area (Å²) in [7, 11) is 0. The first-order valence-electron chi connectivity index (χ1n) is 6.75. The van der Waals surface area contributed by atoms with Crippen LogP contribution in [0.4, 0.5) is 14.5 Å². The maximum absolute atomic E-state index is 12.9. The largest absolute Gasteiger partial charge is 0.586 e. The molecule has 2 heterocycles. The lowest BCUT2D eigenvalue weighted by Crippen LogP contribution is -2.25. The highest BCUT2D eigenvalue weighted by Gasteiger charge is 2.43. The summed E-state index contributed by atoms with van der Waals surface area (Å²) in [5.74, 6) is -1.52. The number of hydrogen-bond donors (Lipinski definition) is 1. The number of alkyl halides is 2. The van der Waals surface area contributed by atoms with E-state index in [1.165, 1.54) is 29.5 Å². The van der Waals surface area contributed by atoms with Crippen molar-refractivity contribution >= 4 is 28.9 Å². The number of fused-ring (bicyclic) bond motifs is 1. The van der Waals surface area contributed by atoms with Crippen LogP contribution in [0.5, 0.6) is 11.5 Å². The highest BCUT2D eigenvalue weighted by Crippen LogP contribution is 2.42. The standard InChI is InChI=1S/C15H11F2NO5S/c1-8-4-5-24-13(8)14(20)21-7-12(19)18-9-2-3-10-11(6-9)23-15(16,17)22-10/h2-6H,7H2,1H3,(H,18,19). The Hall–Kier alpha value is -2.68. The Balaban J connectivity index is 1.56. The fraction of sp³-hybridized carbons (Fsp3) is 0.200. The quantitative estimate of drug-likeness (QED) is 0.853. The summed E-state index contributed by atoms with van der Waals surface area (Å²) >= 11 is 1.22. The molecule has 9 heteroatoms. The third-order valence-corrected chi connectivity index (χ3v) is 4.06. The summed E-state index contributed by atoms with van der Waals surface area (Å²) in [4.78, 5) is 24.0. The Bertz CT molecular complexity index is 805. The van der Waals surface area contributed by atoms with Crippen molar-refractivity contribution in [3.63, 3.8) is 0 Å². The SMILES string of the molecule is Cc1ccsc1C(=O)OCC(=O)Nc1ccc2c(c1)OC(F)(F)O2. The molecule has 1 aromatic heterocycles. The number of benzene rings is 1. The first-order valence-corrected chi connectivity index (χ1v) is 7.63. The molecule has 24 heavy (non-hydrogen) atoms. The van der Waals surface area contributed by atoms with Crippen molar-refractivity contribution in [2.75, 3.05) is 11.9 Å². The van der Waals surface area contributed by atoms with E-state index in [1.807, 2.05) is 0 Å². The number of rotatable bonds is 4. The van der Waals surface area contributed by atoms with Crippen molar-refractivity contribution in [2.45, 2.75) is 13.2 Å². The molecule has 0 aliphatic carbocycles. The second kappa shape index (κ2) is 6.08. The van der Waals surface area contributed by atoms with E-state index in [4.69, 9.17) is 4.74 Å². The number of ether oxygens (including phenoxy) is 3. The molecule has 6 nitrogen and oxygen atoms in total. The molecule has 1 amide bonds. The van der Waals surface area contributed by atoms with Gasteiger partial charge in [-0.2, -0.15) is 0 Å². The van der Waals surface area contributed by atoms with E-state index in [-0.39, 0.29) is 17.2 Å². The fourth-order valence-corrected chi connectivity index (χ4v) is 2.82. The van der Waals surface area contributed by atoms with E-state index >= 15 is 0 Å². The zero-order valence-electron chi connectivity index (χ0n) is 12.3. The van der Waals surface area contributed by atoms with Gasteiger partial charge in [0.15, 0.2) is 18.1 Å². The normalized spacial score (nSPS) is 14.3. The first kappa shape index (κ1) is 16.2. The summed E-state index contributed by atoms with van der Waals surface area (Å²) in [6.45, 7) is 1.26. The van der Waals surface area contributed by atoms with Crippen molar-refractivity contribution < 1.29 is 32.6 Å². The van der Waals surface area contributed by atoms with E-state index in [2.05, 4.69) is 14.8 Å². The number of anilines is 1. The van der Waals surface area contributed by atoms with E-state index in [1.54, 1.807) is 18.4 Å². The van der Waals surface area contributed by atoms with Gasteiger partial charge in [-0.25, -0.2) is 4.79 Å². The number of esters is 1. The monoisotopic (exact) mass is 355 g/mol. The molecule has 0 spiro atoms. The van der Waals surface area contributed by atoms with E-state index < -0.39 is 24.8 Å². The molecular formula is C15H11F2NO5S. The van der Waals surface area contributed by atoms with Crippen LogP contribution in [0.15, 0.2) is 29.6 Å². The third-order valence-electron chi connectivity index (χ3n) is 3.07. The summed E-state index contributed by atoms with van der Waals surface area (Å²) in [6.07, 6.45) is -3.72. The lowest BCUT2D eigenvalue weighted by molar-refractivity contribution is -0.286. The predicted octanol–water partition coefficient (Wildman–Crippen LogP) is 3.17. The maximum Gasteiger partial charge on any atom is 0.586 e. The Labute approximate surface area is 138 Å². The van der Waals surface area contributed by atoms with Gasteiger partial charge in [0.05, 0.1) is 0 Å². The molecule has 126 valence electrons. The van der Waals surface area contributed by atoms with E-state index in [0.29, 0.717) is 4.88 Å². The fourth-order valence-electron chi connectivity index (χ4n) is 2.00. The molecule has 0 atom stereocenters. The number of carbonyl (C=O) groups excluding carboxylic acids is 2. The third kappa shape index (κ3) is 3.46. The summed E-state index contributed by atoms with van der Waals surface area (Å²) in [5.41, 5.74) is 0.977. The van der Waals surface area contributed by atoms with Gasteiger partial charge in [0, 0.05) is 11.8 Å². The lowest BCUT2D eigenvalue weighted by atomic mass is 10.3. The second-order valence-electron chi connectivity index (χ2n) is 4.89. The summed E-state index contributed by atoms with van der Waals surface area (Å²) in [6, 6.07) is 5.57. The van der Waals surface area contributed by atoms with Crippen molar-refractivity contribution in [2.24, 2.45) is 0 Å². The summed E-state index contributed by atoms with van der Waals surface area (Å²) < 4.78 is 39.3. The smallest absolute Gasteiger partial charge is 0.451 e. The minimum Gasteiger partial charge on any atom is -0.451 e. The van der Waals surface area contributed by atoms with Gasteiger partial charge in [-0.1, -0.05) is 0 Å². The van der Waals surface area contributed by atoms with Crippen LogP contribution in [0.1, 0.15) is 15.2 Å². The van der Waals surface area contributed by atoms with Crippen molar-refractivity contribution in [3.8, 4) is 11.5 Å². The average Bonchev–Trinajstić information content (AvgIpc) is 3.05. The number of amides is 1. The predicted molar refractivity (Wildman–Crippen MR) is 80.6 cm³/mol. The van der Waals surface area contributed by atoms with E-state index in [0.717, 1.165) is 5.56 Å². The first-order chi connectivity index (χ1) is 11.3. The molecule has 1 aliphatic rings. The van der Waals surface area contributed by atoms with Crippen molar-refractivity contribution in [1.82, 2.24) is 0 Å². The number of aryl methyl sites for hydroxylation is 1. The second-order valence-corrected chi connectivity index (χ2v) is 5.80. The van der Waals surface area contributed by atoms with Gasteiger partial charge in [0.25, 0.3) is 5.91 Å². The van der Waals surface area contributed by atoms with Crippen LogP contribution in [-0.2, 0) is 9.53 Å². The van der Waals surface area contributed by atoms with Gasteiger partial charge in [-0.15, -0.1) is 20.1 Å². The molecule has 3 rings (SSSR count). The molecule has 1 N–H and O–H groups in total. The van der Waals surface area contributed by atoms with Crippen LogP contribution < -0.4 is 14.8 Å². The minimum atomic E-state index is -3.72. The summed E-state index contributed by atoms with van der Waals surface area (Å²) in [5, 5.41) is 4.17. The van der Waals surface area contributed by atoms with Gasteiger partial charge < -0.3 is 19.5 Å². The minimum absolute atomic E-state index is 0.127. The average molecular weight is 355 g/mol. The lowest BCUT2D eigenvalue weighted by Gasteiger charge is -2.07. The molecular weight excluding hydrogens is 344 g/mol. The van der Waals surface area contributed by atoms with Crippen molar-refractivity contribution in [3.05, 3.63) is 40.1 Å². The molecule has 0 radical (unpaired) electrons. The zero-order chi connectivity index (χ0) is 17.3. The number of carbonyl (C=O) groups is 2. The molecule has 1 aliphatic heterocycles. The highest BCUT2D eigenvalue weighted by atomic mass is 32.1. The molecule has 0 fully saturated rings. The zero-order valence-corrected chi connectivity index (χ0v) is 13.1. The van der Waals surface area contributed by atoms with Crippen LogP contribution in [0.3, 0.4) is 0 Å². The van der Waals surface area contributed by atoms with Gasteiger partial charge in [0.2, 0.25) is 0 Å². The molecule has 2 aromatic rings. The van der Waals surface area contributed by atoms with Gasteiger partial charge in [-0.05, 0) is 36.1 Å². The Morgan fingerprint density at radius 2 is 2.00 bits per heavy atom. The number of thiophene rings is 1.